The van der Waals surface area contributed by atoms with E-state index in [4.69, 9.17) is 0 Å². The third-order valence-electron chi connectivity index (χ3n) is 14.1. The lowest BCUT2D eigenvalue weighted by Crippen LogP contribution is -2.54. The Morgan fingerprint density at radius 3 is 2.22 bits per heavy atom. The summed E-state index contributed by atoms with van der Waals surface area (Å²) in [7, 11) is 0. The van der Waals surface area contributed by atoms with E-state index in [-0.39, 0.29) is 24.7 Å². The van der Waals surface area contributed by atoms with Crippen molar-refractivity contribution in [3.63, 3.8) is 0 Å². The standard InChI is InChI=1S/C49H49N9O5/c1-49(2,48(63)52-42-14-9-32(22-50)38-5-3-4-6-39(38)42)57-29-33(23-51-57)31-7-10-36(11-8-31)55-19-17-30(18-20-55)24-54-25-34-27-56(28-35(34)26-54)37-12-13-40-41(21-37)47(62)58(46(40)61)43-15-16-44(59)53-45(43)60/h3-14,21,23,29-30,34-35,43H,15-20,24-28H2,1-2H3,(H,52,63)(H,53,59,60). The molecule has 320 valence electrons. The van der Waals surface area contributed by atoms with Gasteiger partial charge in [-0.3, -0.25) is 38.9 Å². The fourth-order valence-electron chi connectivity index (χ4n) is 10.4. The number of aromatic nitrogens is 2. The highest BCUT2D eigenvalue weighted by molar-refractivity contribution is 6.23. The molecule has 4 aromatic carbocycles. The molecule has 4 fully saturated rings. The predicted octanol–water partition coefficient (Wildman–Crippen LogP) is 5.63. The third kappa shape index (κ3) is 7.29. The minimum absolute atomic E-state index is 0.0979. The average Bonchev–Trinajstić information content (AvgIpc) is 4.08. The first-order valence-electron chi connectivity index (χ1n) is 21.9. The molecule has 5 aliphatic heterocycles. The van der Waals surface area contributed by atoms with Gasteiger partial charge >= 0.3 is 0 Å². The normalized spacial score (nSPS) is 21.8. The predicted molar refractivity (Wildman–Crippen MR) is 238 cm³/mol. The van der Waals surface area contributed by atoms with E-state index in [0.717, 1.165) is 91.1 Å². The summed E-state index contributed by atoms with van der Waals surface area (Å²) in [5.74, 6) is -0.411. The Morgan fingerprint density at radius 2 is 1.51 bits per heavy atom. The number of carbonyl (C=O) groups excluding carboxylic acids is 5. The molecule has 2 N–H and O–H groups in total. The van der Waals surface area contributed by atoms with Gasteiger partial charge in [-0.05, 0) is 98.9 Å². The van der Waals surface area contributed by atoms with Crippen molar-refractivity contribution in [2.75, 3.05) is 60.9 Å². The number of nitrogens with zero attached hydrogens (tertiary/aromatic N) is 7. The molecule has 0 radical (unpaired) electrons. The van der Waals surface area contributed by atoms with Crippen LogP contribution in [0.25, 0.3) is 21.9 Å². The second kappa shape index (κ2) is 15.8. The van der Waals surface area contributed by atoms with Gasteiger partial charge in [0, 0.05) is 91.8 Å². The van der Waals surface area contributed by atoms with E-state index in [1.807, 2.05) is 56.4 Å². The monoisotopic (exact) mass is 843 g/mol. The summed E-state index contributed by atoms with van der Waals surface area (Å²) in [6.45, 7) is 10.7. The van der Waals surface area contributed by atoms with Crippen LogP contribution in [0.3, 0.4) is 0 Å². The number of hydrogen-bond donors (Lipinski definition) is 2. The van der Waals surface area contributed by atoms with Gasteiger partial charge in [0.05, 0.1) is 29.0 Å². The number of benzene rings is 4. The second-order valence-corrected chi connectivity index (χ2v) is 18.3. The number of nitriles is 1. The fourth-order valence-corrected chi connectivity index (χ4v) is 10.4. The van der Waals surface area contributed by atoms with Gasteiger partial charge in [0.2, 0.25) is 11.8 Å². The van der Waals surface area contributed by atoms with Gasteiger partial charge in [-0.2, -0.15) is 10.4 Å². The van der Waals surface area contributed by atoms with Crippen molar-refractivity contribution in [2.45, 2.75) is 51.1 Å². The van der Waals surface area contributed by atoms with E-state index in [0.29, 0.717) is 40.1 Å². The van der Waals surface area contributed by atoms with Gasteiger partial charge in [-0.25, -0.2) is 0 Å². The van der Waals surface area contributed by atoms with Crippen molar-refractivity contribution in [1.82, 2.24) is 24.9 Å². The Morgan fingerprint density at radius 1 is 0.810 bits per heavy atom. The van der Waals surface area contributed by atoms with Crippen LogP contribution in [0.5, 0.6) is 0 Å². The van der Waals surface area contributed by atoms with Crippen LogP contribution in [0.2, 0.25) is 0 Å². The van der Waals surface area contributed by atoms with Crippen LogP contribution >= 0.6 is 0 Å². The van der Waals surface area contributed by atoms with E-state index >= 15 is 0 Å². The minimum atomic E-state index is -0.979. The summed E-state index contributed by atoms with van der Waals surface area (Å²) in [4.78, 5) is 72.9. The van der Waals surface area contributed by atoms with Crippen molar-refractivity contribution >= 4 is 57.4 Å². The highest BCUT2D eigenvalue weighted by atomic mass is 16.2. The van der Waals surface area contributed by atoms with Crippen molar-refractivity contribution in [1.29, 1.82) is 5.26 Å². The molecule has 10 rings (SSSR count). The molecule has 0 saturated carbocycles. The molecule has 5 amide bonds. The number of anilines is 3. The fraction of sp³-hybridized carbons (Fsp3) is 0.367. The lowest BCUT2D eigenvalue weighted by molar-refractivity contribution is -0.136. The van der Waals surface area contributed by atoms with Crippen molar-refractivity contribution < 1.29 is 24.0 Å². The average molecular weight is 844 g/mol. The molecule has 0 bridgehead atoms. The largest absolute Gasteiger partial charge is 0.372 e. The number of carbonyl (C=O) groups is 5. The van der Waals surface area contributed by atoms with Gasteiger partial charge in [-0.1, -0.05) is 36.4 Å². The molecular formula is C49H49N9O5. The molecule has 14 heteroatoms. The molecule has 3 atom stereocenters. The molecular weight excluding hydrogens is 795 g/mol. The first-order valence-corrected chi connectivity index (χ1v) is 21.9. The van der Waals surface area contributed by atoms with Crippen LogP contribution in [0.4, 0.5) is 17.1 Å². The third-order valence-corrected chi connectivity index (χ3v) is 14.1. The quantitative estimate of drug-likeness (QED) is 0.178. The molecule has 14 nitrogen and oxygen atoms in total. The molecule has 0 spiro atoms. The summed E-state index contributed by atoms with van der Waals surface area (Å²) in [6.07, 6.45) is 6.24. The van der Waals surface area contributed by atoms with E-state index < -0.39 is 29.3 Å². The smallest absolute Gasteiger partial charge is 0.262 e. The number of amides is 5. The van der Waals surface area contributed by atoms with E-state index in [9.17, 15) is 29.2 Å². The number of fused-ring (bicyclic) bond motifs is 3. The number of likely N-dealkylation sites (tertiary alicyclic amines) is 1. The highest BCUT2D eigenvalue weighted by Crippen LogP contribution is 2.38. The van der Waals surface area contributed by atoms with Crippen LogP contribution in [0.1, 0.15) is 65.8 Å². The van der Waals surface area contributed by atoms with E-state index in [1.165, 1.54) is 5.69 Å². The molecule has 0 aliphatic carbocycles. The maximum atomic E-state index is 13.6. The van der Waals surface area contributed by atoms with Gasteiger partial charge in [0.25, 0.3) is 17.7 Å². The first-order chi connectivity index (χ1) is 30.4. The molecule has 5 aliphatic rings. The second-order valence-electron chi connectivity index (χ2n) is 18.3. The molecule has 63 heavy (non-hydrogen) atoms. The molecule has 3 unspecified atom stereocenters. The summed E-state index contributed by atoms with van der Waals surface area (Å²) < 4.78 is 1.70. The molecule has 1 aromatic heterocycles. The van der Waals surface area contributed by atoms with Crippen molar-refractivity contribution in [3.8, 4) is 17.2 Å². The van der Waals surface area contributed by atoms with Crippen LogP contribution in [-0.4, -0.2) is 101 Å². The van der Waals surface area contributed by atoms with Crippen LogP contribution in [-0.2, 0) is 19.9 Å². The number of imide groups is 2. The van der Waals surface area contributed by atoms with Crippen LogP contribution < -0.4 is 20.4 Å². The zero-order chi connectivity index (χ0) is 43.6. The Kier molecular flexibility index (Phi) is 10.1. The summed E-state index contributed by atoms with van der Waals surface area (Å²) in [5, 5.41) is 21.1. The maximum absolute atomic E-state index is 13.6. The first kappa shape index (κ1) is 40.2. The Balaban J connectivity index is 0.699. The highest BCUT2D eigenvalue weighted by Gasteiger charge is 2.46. The Bertz CT molecular complexity index is 2720. The number of nitrogens with one attached hydrogen (secondary N) is 2. The number of rotatable bonds is 9. The van der Waals surface area contributed by atoms with Crippen molar-refractivity contribution in [2.24, 2.45) is 17.8 Å². The zero-order valence-electron chi connectivity index (χ0n) is 35.4. The van der Waals surface area contributed by atoms with Gasteiger partial charge in [0.15, 0.2) is 0 Å². The summed E-state index contributed by atoms with van der Waals surface area (Å²) in [5.41, 5.74) is 4.97. The number of piperidine rings is 2. The Hall–Kier alpha value is -6.85. The minimum Gasteiger partial charge on any atom is -0.372 e. The molecule has 4 saturated heterocycles. The van der Waals surface area contributed by atoms with Gasteiger partial charge in [0.1, 0.15) is 11.6 Å². The van der Waals surface area contributed by atoms with Crippen LogP contribution in [0.15, 0.2) is 91.3 Å². The van der Waals surface area contributed by atoms with E-state index in [1.54, 1.807) is 29.1 Å². The Labute approximate surface area is 365 Å². The summed E-state index contributed by atoms with van der Waals surface area (Å²) in [6, 6.07) is 26.4. The van der Waals surface area contributed by atoms with Crippen molar-refractivity contribution in [3.05, 3.63) is 108 Å². The molecule has 5 aromatic rings. The summed E-state index contributed by atoms with van der Waals surface area (Å²) >= 11 is 0. The molecule has 6 heterocycles. The van der Waals surface area contributed by atoms with E-state index in [2.05, 4.69) is 60.8 Å². The lowest BCUT2D eigenvalue weighted by Gasteiger charge is -2.35. The lowest BCUT2D eigenvalue weighted by atomic mass is 9.95. The zero-order valence-corrected chi connectivity index (χ0v) is 35.4. The van der Waals surface area contributed by atoms with Gasteiger partial charge < -0.3 is 20.0 Å². The maximum Gasteiger partial charge on any atom is 0.262 e. The van der Waals surface area contributed by atoms with Crippen LogP contribution in [0, 0.1) is 29.1 Å². The van der Waals surface area contributed by atoms with Gasteiger partial charge in [-0.15, -0.1) is 0 Å². The number of hydrogen-bond acceptors (Lipinski definition) is 10. The topological polar surface area (TPSA) is 164 Å². The SMILES string of the molecule is CC(C)(C(=O)Nc1ccc(C#N)c2ccccc12)n1cc(-c2ccc(N3CCC(CN4CC5CN(c6ccc7c(c6)C(=O)N(C6CCC(=O)NC6=O)C7=O)CC5C4)CC3)cc2)cn1.